The van der Waals surface area contributed by atoms with Crippen molar-refractivity contribution in [1.29, 1.82) is 0 Å². The van der Waals surface area contributed by atoms with Crippen LogP contribution in [0, 0.1) is 0 Å². The van der Waals surface area contributed by atoms with Crippen LogP contribution in [0.5, 0.6) is 0 Å². The van der Waals surface area contributed by atoms with Crippen molar-refractivity contribution in [2.24, 2.45) is 5.73 Å². The molecule has 3 unspecified atom stereocenters. The molecule has 0 bridgehead atoms. The molecule has 0 aromatic heterocycles. The highest BCUT2D eigenvalue weighted by molar-refractivity contribution is 7.47. The number of phosphoric acid groups is 1. The molecule has 298 valence electrons. The van der Waals surface area contributed by atoms with Gasteiger partial charge >= 0.3 is 19.8 Å². The number of ether oxygens (including phenoxy) is 2. The molecule has 0 saturated carbocycles. The summed E-state index contributed by atoms with van der Waals surface area (Å²) >= 11 is 0. The fraction of sp³-hybridized carbons (Fsp3) is 0.800. The molecule has 11 heteroatoms. The van der Waals surface area contributed by atoms with Crippen LogP contribution < -0.4 is 5.73 Å². The molecule has 0 aromatic carbocycles. The average molecular weight is 744 g/mol. The molecule has 3 atom stereocenters. The lowest BCUT2D eigenvalue weighted by Crippen LogP contribution is -2.34. The number of carbonyl (C=O) groups is 2. The molecule has 0 aliphatic rings. The van der Waals surface area contributed by atoms with Gasteiger partial charge in [-0.3, -0.25) is 18.6 Å². The molecule has 0 spiro atoms. The van der Waals surface area contributed by atoms with Gasteiger partial charge in [-0.15, -0.1) is 0 Å². The molecule has 0 aromatic rings. The predicted octanol–water partition coefficient (Wildman–Crippen LogP) is 10.5. The van der Waals surface area contributed by atoms with Crippen LogP contribution in [0.3, 0.4) is 0 Å². The van der Waals surface area contributed by atoms with Crippen molar-refractivity contribution in [2.75, 3.05) is 26.4 Å². The molecule has 51 heavy (non-hydrogen) atoms. The summed E-state index contributed by atoms with van der Waals surface area (Å²) in [6, 6.07) is -1.48. The van der Waals surface area contributed by atoms with E-state index in [2.05, 4.69) is 50.3 Å². The highest BCUT2D eigenvalue weighted by atomic mass is 31.2. The maximum absolute atomic E-state index is 12.6. The van der Waals surface area contributed by atoms with Crippen molar-refractivity contribution in [3.05, 3.63) is 36.5 Å². The van der Waals surface area contributed by atoms with Crippen LogP contribution in [0.4, 0.5) is 0 Å². The number of nitrogens with two attached hydrogens (primary N) is 1. The summed E-state index contributed by atoms with van der Waals surface area (Å²) in [5.41, 5.74) is 5.34. The fourth-order valence-corrected chi connectivity index (χ4v) is 6.10. The molecule has 0 saturated heterocycles. The van der Waals surface area contributed by atoms with E-state index in [1.807, 2.05) is 0 Å². The van der Waals surface area contributed by atoms with Gasteiger partial charge in [0, 0.05) is 13.0 Å². The minimum absolute atomic E-state index is 0.00719. The highest BCUT2D eigenvalue weighted by Gasteiger charge is 2.27. The molecule has 0 rings (SSSR count). The van der Waals surface area contributed by atoms with Crippen LogP contribution in [0.2, 0.25) is 0 Å². The maximum atomic E-state index is 12.6. The summed E-state index contributed by atoms with van der Waals surface area (Å²) in [4.78, 5) is 33.4. The SMILES string of the molecule is CC/C=C\C/C=C\C/C=C\CCCCCC(=O)OC(COCCCCCCCCCCCCCCCCCC)COP(=O)(O)OCC(N)C(=O)O. The van der Waals surface area contributed by atoms with Crippen LogP contribution in [0.25, 0.3) is 0 Å². The van der Waals surface area contributed by atoms with Crippen LogP contribution in [-0.4, -0.2) is 60.5 Å². The number of esters is 1. The first-order chi connectivity index (χ1) is 24.7. The van der Waals surface area contributed by atoms with Gasteiger partial charge in [0.05, 0.1) is 19.8 Å². The minimum atomic E-state index is -4.62. The molecule has 0 heterocycles. The summed E-state index contributed by atoms with van der Waals surface area (Å²) in [5.74, 6) is -1.81. The van der Waals surface area contributed by atoms with E-state index in [0.717, 1.165) is 57.8 Å². The third-order valence-corrected chi connectivity index (χ3v) is 9.38. The summed E-state index contributed by atoms with van der Waals surface area (Å²) in [6.07, 6.45) is 39.1. The van der Waals surface area contributed by atoms with Gasteiger partial charge in [-0.05, 0) is 44.9 Å². The van der Waals surface area contributed by atoms with E-state index in [4.69, 9.17) is 29.4 Å². The zero-order valence-corrected chi connectivity index (χ0v) is 33.1. The Labute approximate surface area is 310 Å². The van der Waals surface area contributed by atoms with Gasteiger partial charge in [-0.2, -0.15) is 0 Å². The van der Waals surface area contributed by atoms with Crippen LogP contribution in [0.1, 0.15) is 168 Å². The quantitative estimate of drug-likeness (QED) is 0.0241. The van der Waals surface area contributed by atoms with E-state index in [0.29, 0.717) is 13.0 Å². The Morgan fingerprint density at radius 2 is 1.14 bits per heavy atom. The van der Waals surface area contributed by atoms with Crippen LogP contribution in [-0.2, 0) is 32.7 Å². The fourth-order valence-electron chi connectivity index (χ4n) is 5.32. The summed E-state index contributed by atoms with van der Waals surface area (Å²) in [6.45, 7) is 3.73. The zero-order valence-electron chi connectivity index (χ0n) is 32.2. The Hall–Kier alpha value is -1.81. The average Bonchev–Trinajstić information content (AvgIpc) is 3.10. The van der Waals surface area contributed by atoms with Crippen molar-refractivity contribution in [3.63, 3.8) is 0 Å². The molecule has 0 aliphatic heterocycles. The first-order valence-corrected chi connectivity index (χ1v) is 21.5. The standard InChI is InChI=1S/C40H74NO9P/c1-3-5-7-9-11-13-15-17-18-19-21-23-25-27-29-31-33-47-34-37(35-48-51(45,46)49-36-38(41)40(43)44)50-39(42)32-30-28-26-24-22-20-16-14-12-10-8-6-4-2/h6,8,12,14,20,22,37-38H,3-5,7,9-11,13,15-19,21,23-36,41H2,1-2H3,(H,43,44)(H,45,46)/b8-6-,14-12-,22-20-. The van der Waals surface area contributed by atoms with Crippen molar-refractivity contribution < 1.29 is 42.7 Å². The minimum Gasteiger partial charge on any atom is -0.480 e. The third kappa shape index (κ3) is 36.3. The maximum Gasteiger partial charge on any atom is 0.472 e. The van der Waals surface area contributed by atoms with E-state index < -0.39 is 45.1 Å². The van der Waals surface area contributed by atoms with E-state index in [1.54, 1.807) is 0 Å². The lowest BCUT2D eigenvalue weighted by atomic mass is 10.0. The van der Waals surface area contributed by atoms with E-state index in [-0.39, 0.29) is 13.0 Å². The van der Waals surface area contributed by atoms with Crippen molar-refractivity contribution >= 4 is 19.8 Å². The van der Waals surface area contributed by atoms with Gasteiger partial charge in [0.1, 0.15) is 12.1 Å². The Morgan fingerprint density at radius 3 is 1.69 bits per heavy atom. The van der Waals surface area contributed by atoms with Gasteiger partial charge in [-0.1, -0.05) is 153 Å². The highest BCUT2D eigenvalue weighted by Crippen LogP contribution is 2.43. The van der Waals surface area contributed by atoms with Gasteiger partial charge in [0.2, 0.25) is 0 Å². The number of aliphatic carboxylic acids is 1. The number of unbranched alkanes of at least 4 members (excludes halogenated alkanes) is 18. The number of carboxylic acid groups (broad SMARTS) is 1. The first kappa shape index (κ1) is 49.2. The van der Waals surface area contributed by atoms with Crippen molar-refractivity contribution in [2.45, 2.75) is 180 Å². The number of phosphoric ester groups is 1. The Balaban J connectivity index is 4.29. The van der Waals surface area contributed by atoms with Crippen molar-refractivity contribution in [3.8, 4) is 0 Å². The van der Waals surface area contributed by atoms with Crippen LogP contribution >= 0.6 is 7.82 Å². The molecular weight excluding hydrogens is 669 g/mol. The van der Waals surface area contributed by atoms with Gasteiger partial charge in [-0.25, -0.2) is 4.57 Å². The van der Waals surface area contributed by atoms with E-state index in [9.17, 15) is 19.0 Å². The Kier molecular flexibility index (Phi) is 35.2. The van der Waals surface area contributed by atoms with Gasteiger partial charge in [0.15, 0.2) is 0 Å². The molecule has 4 N–H and O–H groups in total. The molecule has 10 nitrogen and oxygen atoms in total. The molecule has 0 fully saturated rings. The molecule has 0 aliphatic carbocycles. The second-order valence-corrected chi connectivity index (χ2v) is 14.8. The smallest absolute Gasteiger partial charge is 0.472 e. The normalized spacial score (nSPS) is 14.4. The third-order valence-electron chi connectivity index (χ3n) is 8.43. The number of carboxylic acids is 1. The molecule has 0 radical (unpaired) electrons. The topological polar surface area (TPSA) is 155 Å². The number of hydrogen-bond acceptors (Lipinski definition) is 8. The molecule has 0 amide bonds. The summed E-state index contributed by atoms with van der Waals surface area (Å²) < 4.78 is 33.2. The zero-order chi connectivity index (χ0) is 37.7. The van der Waals surface area contributed by atoms with E-state index in [1.165, 1.54) is 83.5 Å². The monoisotopic (exact) mass is 744 g/mol. The van der Waals surface area contributed by atoms with E-state index >= 15 is 0 Å². The second kappa shape index (κ2) is 36.5. The first-order valence-electron chi connectivity index (χ1n) is 20.0. The lowest BCUT2D eigenvalue weighted by molar-refractivity contribution is -0.154. The number of hydrogen-bond donors (Lipinski definition) is 3. The Bertz CT molecular complexity index is 956. The number of carbonyl (C=O) groups excluding carboxylic acids is 1. The largest absolute Gasteiger partial charge is 0.480 e. The Morgan fingerprint density at radius 1 is 0.647 bits per heavy atom. The van der Waals surface area contributed by atoms with Gasteiger partial charge < -0.3 is 25.2 Å². The molecular formula is C40H74NO9P. The van der Waals surface area contributed by atoms with Crippen LogP contribution in [0.15, 0.2) is 36.5 Å². The second-order valence-electron chi connectivity index (χ2n) is 13.4. The van der Waals surface area contributed by atoms with Gasteiger partial charge in [0.25, 0.3) is 0 Å². The van der Waals surface area contributed by atoms with Crippen molar-refractivity contribution in [1.82, 2.24) is 0 Å². The predicted molar refractivity (Wildman–Crippen MR) is 208 cm³/mol. The lowest BCUT2D eigenvalue weighted by Gasteiger charge is -2.20. The summed E-state index contributed by atoms with van der Waals surface area (Å²) in [5, 5.41) is 8.87. The number of allylic oxidation sites excluding steroid dienone is 6. The number of rotatable bonds is 38. The summed E-state index contributed by atoms with van der Waals surface area (Å²) in [7, 11) is -4.62.